The zero-order chi connectivity index (χ0) is 13.0. The first-order valence-electron chi connectivity index (χ1n) is 6.31. The summed E-state index contributed by atoms with van der Waals surface area (Å²) in [6.07, 6.45) is 3.81. The Bertz CT molecular complexity index is 405. The number of aliphatic hydroxyl groups is 1. The number of hydrogen-bond donors (Lipinski definition) is 2. The van der Waals surface area contributed by atoms with Crippen LogP contribution >= 0.6 is 0 Å². The van der Waals surface area contributed by atoms with Gasteiger partial charge in [0.05, 0.1) is 11.0 Å². The standard InChI is InChI=1S/C13H18N2O3/c16-13-3-1-2-10(8-13)9-14-11-4-6-12(7-5-11)15(17)18/h4-7,10,13-14,16H,1-3,8-9H2. The number of anilines is 1. The minimum absolute atomic E-state index is 0.105. The van der Waals surface area contributed by atoms with Crippen LogP contribution < -0.4 is 5.32 Å². The molecule has 2 rings (SSSR count). The first-order valence-corrected chi connectivity index (χ1v) is 6.31. The van der Waals surface area contributed by atoms with Crippen molar-refractivity contribution in [3.63, 3.8) is 0 Å². The summed E-state index contributed by atoms with van der Waals surface area (Å²) in [6.45, 7) is 0.814. The van der Waals surface area contributed by atoms with Gasteiger partial charge in [-0.25, -0.2) is 0 Å². The molecule has 1 fully saturated rings. The molecule has 1 aromatic carbocycles. The molecule has 0 saturated heterocycles. The molecular weight excluding hydrogens is 232 g/mol. The maximum Gasteiger partial charge on any atom is 0.269 e. The van der Waals surface area contributed by atoms with E-state index < -0.39 is 4.92 Å². The zero-order valence-electron chi connectivity index (χ0n) is 10.2. The molecule has 1 saturated carbocycles. The molecule has 0 bridgehead atoms. The molecular formula is C13H18N2O3. The summed E-state index contributed by atoms with van der Waals surface area (Å²) in [5, 5.41) is 23.3. The molecule has 5 heteroatoms. The lowest BCUT2D eigenvalue weighted by Crippen LogP contribution is -2.24. The van der Waals surface area contributed by atoms with Gasteiger partial charge in [0.25, 0.3) is 5.69 Å². The van der Waals surface area contributed by atoms with Crippen molar-refractivity contribution in [2.45, 2.75) is 31.8 Å². The summed E-state index contributed by atoms with van der Waals surface area (Å²) < 4.78 is 0. The summed E-state index contributed by atoms with van der Waals surface area (Å²) >= 11 is 0. The molecule has 0 heterocycles. The van der Waals surface area contributed by atoms with Crippen LogP contribution in [-0.4, -0.2) is 22.7 Å². The molecule has 5 nitrogen and oxygen atoms in total. The number of aliphatic hydroxyl groups excluding tert-OH is 1. The Labute approximate surface area is 106 Å². The quantitative estimate of drug-likeness (QED) is 0.636. The fourth-order valence-corrected chi connectivity index (χ4v) is 2.41. The normalized spacial score (nSPS) is 23.6. The van der Waals surface area contributed by atoms with Gasteiger partial charge in [-0.1, -0.05) is 6.42 Å². The first-order chi connectivity index (χ1) is 8.65. The van der Waals surface area contributed by atoms with Crippen molar-refractivity contribution in [3.05, 3.63) is 34.4 Å². The van der Waals surface area contributed by atoms with Crippen molar-refractivity contribution >= 4 is 11.4 Å². The van der Waals surface area contributed by atoms with E-state index in [1.807, 2.05) is 0 Å². The predicted molar refractivity (Wildman–Crippen MR) is 69.6 cm³/mol. The predicted octanol–water partition coefficient (Wildman–Crippen LogP) is 2.56. The van der Waals surface area contributed by atoms with Gasteiger partial charge in [-0.15, -0.1) is 0 Å². The summed E-state index contributed by atoms with van der Waals surface area (Å²) in [6, 6.07) is 6.44. The van der Waals surface area contributed by atoms with Crippen molar-refractivity contribution in [1.29, 1.82) is 0 Å². The molecule has 0 spiro atoms. The summed E-state index contributed by atoms with van der Waals surface area (Å²) in [5.41, 5.74) is 0.995. The Hall–Kier alpha value is -1.62. The number of nitrogens with zero attached hydrogens (tertiary/aromatic N) is 1. The number of hydrogen-bond acceptors (Lipinski definition) is 4. The average Bonchev–Trinajstić information content (AvgIpc) is 2.37. The SMILES string of the molecule is O=[N+]([O-])c1ccc(NCC2CCCC(O)C2)cc1. The third-order valence-electron chi connectivity index (χ3n) is 3.43. The van der Waals surface area contributed by atoms with Crippen LogP contribution in [0.2, 0.25) is 0 Å². The number of nitrogens with one attached hydrogen (secondary N) is 1. The van der Waals surface area contributed by atoms with Crippen LogP contribution in [0.5, 0.6) is 0 Å². The Morgan fingerprint density at radius 1 is 1.33 bits per heavy atom. The van der Waals surface area contributed by atoms with Crippen LogP contribution in [0, 0.1) is 16.0 Å². The molecule has 2 unspecified atom stereocenters. The van der Waals surface area contributed by atoms with E-state index in [1.165, 1.54) is 12.1 Å². The molecule has 0 aliphatic heterocycles. The van der Waals surface area contributed by atoms with Crippen molar-refractivity contribution in [3.8, 4) is 0 Å². The lowest BCUT2D eigenvalue weighted by atomic mass is 9.87. The lowest BCUT2D eigenvalue weighted by Gasteiger charge is -2.26. The minimum Gasteiger partial charge on any atom is -0.393 e. The van der Waals surface area contributed by atoms with Crippen LogP contribution in [0.3, 0.4) is 0 Å². The Kier molecular flexibility index (Phi) is 4.15. The maximum atomic E-state index is 10.5. The highest BCUT2D eigenvalue weighted by molar-refractivity contribution is 5.48. The van der Waals surface area contributed by atoms with Gasteiger partial charge in [0.2, 0.25) is 0 Å². The van der Waals surface area contributed by atoms with E-state index in [1.54, 1.807) is 12.1 Å². The number of nitro benzene ring substituents is 1. The third-order valence-corrected chi connectivity index (χ3v) is 3.43. The first kappa shape index (κ1) is 12.8. The van der Waals surface area contributed by atoms with E-state index in [9.17, 15) is 15.2 Å². The monoisotopic (exact) mass is 250 g/mol. The number of non-ortho nitro benzene ring substituents is 1. The van der Waals surface area contributed by atoms with Gasteiger partial charge < -0.3 is 10.4 Å². The molecule has 0 amide bonds. The highest BCUT2D eigenvalue weighted by atomic mass is 16.6. The van der Waals surface area contributed by atoms with Crippen molar-refractivity contribution in [2.24, 2.45) is 5.92 Å². The van der Waals surface area contributed by atoms with Crippen LogP contribution in [0.1, 0.15) is 25.7 Å². The van der Waals surface area contributed by atoms with Crippen molar-refractivity contribution < 1.29 is 10.0 Å². The number of rotatable bonds is 4. The van der Waals surface area contributed by atoms with E-state index in [-0.39, 0.29) is 11.8 Å². The van der Waals surface area contributed by atoms with Gasteiger partial charge in [0.1, 0.15) is 0 Å². The van der Waals surface area contributed by atoms with E-state index in [4.69, 9.17) is 0 Å². The average molecular weight is 250 g/mol. The highest BCUT2D eigenvalue weighted by Gasteiger charge is 2.19. The molecule has 0 aromatic heterocycles. The van der Waals surface area contributed by atoms with Crippen LogP contribution in [0.25, 0.3) is 0 Å². The van der Waals surface area contributed by atoms with Gasteiger partial charge in [-0.3, -0.25) is 10.1 Å². The third kappa shape index (κ3) is 3.43. The summed E-state index contributed by atoms with van der Waals surface area (Å²) in [5.74, 6) is 0.490. The molecule has 2 atom stereocenters. The number of nitro groups is 1. The molecule has 18 heavy (non-hydrogen) atoms. The zero-order valence-corrected chi connectivity index (χ0v) is 10.2. The smallest absolute Gasteiger partial charge is 0.269 e. The Morgan fingerprint density at radius 3 is 2.67 bits per heavy atom. The second kappa shape index (κ2) is 5.82. The van der Waals surface area contributed by atoms with Gasteiger partial charge in [0, 0.05) is 24.4 Å². The fourth-order valence-electron chi connectivity index (χ4n) is 2.41. The summed E-state index contributed by atoms with van der Waals surface area (Å²) in [4.78, 5) is 10.1. The van der Waals surface area contributed by atoms with E-state index in [0.29, 0.717) is 5.92 Å². The van der Waals surface area contributed by atoms with E-state index in [0.717, 1.165) is 37.9 Å². The van der Waals surface area contributed by atoms with Crippen LogP contribution in [-0.2, 0) is 0 Å². The molecule has 98 valence electrons. The number of benzene rings is 1. The van der Waals surface area contributed by atoms with Crippen molar-refractivity contribution in [1.82, 2.24) is 0 Å². The maximum absolute atomic E-state index is 10.5. The molecule has 1 aliphatic rings. The second-order valence-electron chi connectivity index (χ2n) is 4.87. The minimum atomic E-state index is -0.402. The highest BCUT2D eigenvalue weighted by Crippen LogP contribution is 2.25. The van der Waals surface area contributed by atoms with Gasteiger partial charge >= 0.3 is 0 Å². The summed E-state index contributed by atoms with van der Waals surface area (Å²) in [7, 11) is 0. The lowest BCUT2D eigenvalue weighted by molar-refractivity contribution is -0.384. The molecule has 1 aromatic rings. The van der Waals surface area contributed by atoms with Crippen molar-refractivity contribution in [2.75, 3.05) is 11.9 Å². The Balaban J connectivity index is 1.84. The molecule has 0 radical (unpaired) electrons. The topological polar surface area (TPSA) is 75.4 Å². The van der Waals surface area contributed by atoms with Crippen LogP contribution in [0.4, 0.5) is 11.4 Å². The van der Waals surface area contributed by atoms with Crippen LogP contribution in [0.15, 0.2) is 24.3 Å². The van der Waals surface area contributed by atoms with Gasteiger partial charge in [0.15, 0.2) is 0 Å². The second-order valence-corrected chi connectivity index (χ2v) is 4.87. The molecule has 2 N–H and O–H groups in total. The van der Waals surface area contributed by atoms with E-state index in [2.05, 4.69) is 5.32 Å². The van der Waals surface area contributed by atoms with E-state index >= 15 is 0 Å². The van der Waals surface area contributed by atoms with Gasteiger partial charge in [-0.05, 0) is 37.3 Å². The molecule has 1 aliphatic carbocycles. The fraction of sp³-hybridized carbons (Fsp3) is 0.538. The Morgan fingerprint density at radius 2 is 2.06 bits per heavy atom. The van der Waals surface area contributed by atoms with Gasteiger partial charge in [-0.2, -0.15) is 0 Å². The largest absolute Gasteiger partial charge is 0.393 e.